The highest BCUT2D eigenvalue weighted by Crippen LogP contribution is 2.38. The molecule has 2 rings (SSSR count). The van der Waals surface area contributed by atoms with Crippen LogP contribution in [0.5, 0.6) is 0 Å². The van der Waals surface area contributed by atoms with Crippen molar-refractivity contribution in [3.05, 3.63) is 20.3 Å². The van der Waals surface area contributed by atoms with Gasteiger partial charge in [0.15, 0.2) is 0 Å². The minimum atomic E-state index is -0.263. The molecule has 1 nitrogen and oxygen atoms in total. The smallest absolute Gasteiger partial charge is 0.0896 e. The summed E-state index contributed by atoms with van der Waals surface area (Å²) in [6.07, 6.45) is 5.99. The summed E-state index contributed by atoms with van der Waals surface area (Å²) in [4.78, 5) is 2.38. The quantitative estimate of drug-likeness (QED) is 0.872. The summed E-state index contributed by atoms with van der Waals surface area (Å²) in [5.41, 5.74) is 0. The zero-order valence-corrected chi connectivity index (χ0v) is 11.4. The van der Waals surface area contributed by atoms with Crippen molar-refractivity contribution in [2.75, 3.05) is 0 Å². The molecule has 0 saturated heterocycles. The molecular weight excluding hydrogens is 272 g/mol. The molecule has 0 bridgehead atoms. The number of thiophene rings is 1. The van der Waals surface area contributed by atoms with Crippen molar-refractivity contribution in [3.8, 4) is 0 Å². The van der Waals surface area contributed by atoms with Crippen molar-refractivity contribution < 1.29 is 5.11 Å². The number of halogens is 1. The van der Waals surface area contributed by atoms with Crippen molar-refractivity contribution in [1.82, 2.24) is 0 Å². The molecule has 3 heteroatoms. The third-order valence-electron chi connectivity index (χ3n) is 3.17. The Morgan fingerprint density at radius 3 is 2.73 bits per heavy atom. The van der Waals surface area contributed by atoms with Crippen LogP contribution in [0.1, 0.15) is 48.0 Å². The lowest BCUT2D eigenvalue weighted by Crippen LogP contribution is -2.03. The van der Waals surface area contributed by atoms with Crippen LogP contribution in [0.4, 0.5) is 0 Å². The Morgan fingerprint density at radius 2 is 2.20 bits per heavy atom. The summed E-state index contributed by atoms with van der Waals surface area (Å²) >= 11 is 5.23. The number of aliphatic hydroxyl groups excluding tert-OH is 1. The monoisotopic (exact) mass is 288 g/mol. The van der Waals surface area contributed by atoms with Gasteiger partial charge in [-0.2, -0.15) is 0 Å². The Balaban J connectivity index is 2.00. The van der Waals surface area contributed by atoms with E-state index >= 15 is 0 Å². The highest BCUT2D eigenvalue weighted by molar-refractivity contribution is 9.10. The standard InChI is InChI=1S/C12H17BrOS/c1-8-6-10(13)12(15-8)11(14)7-9-4-2-3-5-9/h6,9,11,14H,2-5,7H2,1H3. The molecule has 1 unspecified atom stereocenters. The number of hydrogen-bond donors (Lipinski definition) is 1. The molecule has 1 saturated carbocycles. The minimum absolute atomic E-state index is 0.263. The molecule has 1 aliphatic carbocycles. The molecule has 1 N–H and O–H groups in total. The summed E-state index contributed by atoms with van der Waals surface area (Å²) in [6, 6.07) is 2.10. The molecule has 0 amide bonds. The first-order chi connectivity index (χ1) is 7.16. The second kappa shape index (κ2) is 4.98. The predicted octanol–water partition coefficient (Wildman–Crippen LogP) is 4.43. The molecule has 15 heavy (non-hydrogen) atoms. The Morgan fingerprint density at radius 1 is 1.53 bits per heavy atom. The SMILES string of the molecule is Cc1cc(Br)c(C(O)CC2CCCC2)s1. The summed E-state index contributed by atoms with van der Waals surface area (Å²) in [5.74, 6) is 0.745. The summed E-state index contributed by atoms with van der Waals surface area (Å²) in [6.45, 7) is 2.08. The molecule has 84 valence electrons. The average molecular weight is 289 g/mol. The third kappa shape index (κ3) is 2.83. The Hall–Kier alpha value is 0.140. The van der Waals surface area contributed by atoms with Gasteiger partial charge in [-0.1, -0.05) is 25.7 Å². The van der Waals surface area contributed by atoms with Crippen LogP contribution in [0.3, 0.4) is 0 Å². The molecule has 1 fully saturated rings. The molecular formula is C12H17BrOS. The van der Waals surface area contributed by atoms with E-state index in [0.717, 1.165) is 21.7 Å². The van der Waals surface area contributed by atoms with E-state index in [9.17, 15) is 5.11 Å². The van der Waals surface area contributed by atoms with Gasteiger partial charge in [-0.25, -0.2) is 0 Å². The van der Waals surface area contributed by atoms with E-state index < -0.39 is 0 Å². The maximum Gasteiger partial charge on any atom is 0.0896 e. The van der Waals surface area contributed by atoms with Crippen LogP contribution in [0.15, 0.2) is 10.5 Å². The van der Waals surface area contributed by atoms with Crippen LogP contribution in [-0.2, 0) is 0 Å². The molecule has 0 radical (unpaired) electrons. The molecule has 1 atom stereocenters. The Bertz CT molecular complexity index is 328. The van der Waals surface area contributed by atoms with Crippen molar-refractivity contribution in [3.63, 3.8) is 0 Å². The molecule has 0 aromatic carbocycles. The van der Waals surface area contributed by atoms with Crippen molar-refractivity contribution in [2.24, 2.45) is 5.92 Å². The highest BCUT2D eigenvalue weighted by Gasteiger charge is 2.22. The molecule has 1 heterocycles. The Labute approximate surface area is 104 Å². The molecule has 0 spiro atoms. The maximum absolute atomic E-state index is 10.2. The summed E-state index contributed by atoms with van der Waals surface area (Å²) < 4.78 is 1.08. The molecule has 1 aromatic heterocycles. The van der Waals surface area contributed by atoms with Crippen LogP contribution in [0.2, 0.25) is 0 Å². The van der Waals surface area contributed by atoms with Gasteiger partial charge in [0.2, 0.25) is 0 Å². The van der Waals surface area contributed by atoms with Gasteiger partial charge in [0, 0.05) is 14.2 Å². The minimum Gasteiger partial charge on any atom is -0.388 e. The Kier molecular flexibility index (Phi) is 3.86. The van der Waals surface area contributed by atoms with Gasteiger partial charge in [0.1, 0.15) is 0 Å². The fourth-order valence-corrected chi connectivity index (χ4v) is 4.31. The van der Waals surface area contributed by atoms with Crippen molar-refractivity contribution >= 4 is 27.3 Å². The van der Waals surface area contributed by atoms with E-state index in [1.165, 1.54) is 30.6 Å². The van der Waals surface area contributed by atoms with Crippen LogP contribution < -0.4 is 0 Å². The van der Waals surface area contributed by atoms with E-state index in [2.05, 4.69) is 28.9 Å². The number of rotatable bonds is 3. The van der Waals surface area contributed by atoms with Gasteiger partial charge in [-0.05, 0) is 41.3 Å². The molecule has 0 aliphatic heterocycles. The first-order valence-corrected chi connectivity index (χ1v) is 7.21. The third-order valence-corrected chi connectivity index (χ3v) is 5.24. The number of aryl methyl sites for hydroxylation is 1. The van der Waals surface area contributed by atoms with Crippen molar-refractivity contribution in [2.45, 2.75) is 45.1 Å². The fourth-order valence-electron chi connectivity index (χ4n) is 2.40. The average Bonchev–Trinajstić information content (AvgIpc) is 2.75. The van der Waals surface area contributed by atoms with Crippen LogP contribution in [-0.4, -0.2) is 5.11 Å². The van der Waals surface area contributed by atoms with E-state index in [1.54, 1.807) is 11.3 Å². The molecule has 1 aliphatic rings. The second-order valence-electron chi connectivity index (χ2n) is 4.47. The fraction of sp³-hybridized carbons (Fsp3) is 0.667. The summed E-state index contributed by atoms with van der Waals surface area (Å²) in [7, 11) is 0. The van der Waals surface area contributed by atoms with Gasteiger partial charge >= 0.3 is 0 Å². The normalized spacial score (nSPS) is 19.7. The predicted molar refractivity (Wildman–Crippen MR) is 68.3 cm³/mol. The molecule has 1 aromatic rings. The lowest BCUT2D eigenvalue weighted by atomic mass is 9.99. The highest BCUT2D eigenvalue weighted by atomic mass is 79.9. The zero-order chi connectivity index (χ0) is 10.8. The first kappa shape index (κ1) is 11.6. The van der Waals surface area contributed by atoms with Crippen LogP contribution in [0.25, 0.3) is 0 Å². The van der Waals surface area contributed by atoms with Gasteiger partial charge in [0.25, 0.3) is 0 Å². The topological polar surface area (TPSA) is 20.2 Å². The number of hydrogen-bond acceptors (Lipinski definition) is 2. The van der Waals surface area contributed by atoms with Crippen LogP contribution >= 0.6 is 27.3 Å². The lowest BCUT2D eigenvalue weighted by molar-refractivity contribution is 0.148. The lowest BCUT2D eigenvalue weighted by Gasteiger charge is -2.14. The van der Waals surface area contributed by atoms with Gasteiger partial charge in [-0.15, -0.1) is 11.3 Å². The largest absolute Gasteiger partial charge is 0.388 e. The van der Waals surface area contributed by atoms with Crippen LogP contribution in [0, 0.1) is 12.8 Å². The van der Waals surface area contributed by atoms with E-state index in [1.807, 2.05) is 0 Å². The van der Waals surface area contributed by atoms with Gasteiger partial charge in [0.05, 0.1) is 6.10 Å². The second-order valence-corrected chi connectivity index (χ2v) is 6.61. The zero-order valence-electron chi connectivity index (χ0n) is 9.00. The van der Waals surface area contributed by atoms with E-state index in [4.69, 9.17) is 0 Å². The van der Waals surface area contributed by atoms with E-state index in [0.29, 0.717) is 0 Å². The van der Waals surface area contributed by atoms with Gasteiger partial charge < -0.3 is 5.11 Å². The first-order valence-electron chi connectivity index (χ1n) is 5.60. The van der Waals surface area contributed by atoms with Gasteiger partial charge in [-0.3, -0.25) is 0 Å². The summed E-state index contributed by atoms with van der Waals surface area (Å²) in [5, 5.41) is 10.2. The maximum atomic E-state index is 10.2. The van der Waals surface area contributed by atoms with E-state index in [-0.39, 0.29) is 6.10 Å². The number of aliphatic hydroxyl groups is 1. The van der Waals surface area contributed by atoms with Crippen molar-refractivity contribution in [1.29, 1.82) is 0 Å².